The Morgan fingerprint density at radius 1 is 0.357 bits per heavy atom. The number of benzene rings is 10. The van der Waals surface area contributed by atoms with Gasteiger partial charge in [0.15, 0.2) is 0 Å². The fraction of sp³-hybridized carbons (Fsp3) is 0.189. The van der Waals surface area contributed by atoms with Crippen LogP contribution in [0.2, 0.25) is 5.02 Å². The maximum Gasteiger partial charge on any atom is 0.142 e. The van der Waals surface area contributed by atoms with E-state index in [-0.39, 0.29) is 23.2 Å². The number of rotatable bonds is 5. The highest BCUT2D eigenvalue weighted by Gasteiger charge is 2.29. The summed E-state index contributed by atoms with van der Waals surface area (Å²) in [5, 5.41) is 71.4. The molecule has 20 aromatic rings. The molecule has 10 aromatic carbocycles. The van der Waals surface area contributed by atoms with E-state index in [0.29, 0.717) is 23.1 Å². The summed E-state index contributed by atoms with van der Waals surface area (Å²) in [5.74, 6) is 1.40. The zero-order valence-corrected chi connectivity index (χ0v) is 74.1. The third-order valence-electron chi connectivity index (χ3n) is 26.3. The van der Waals surface area contributed by atoms with Gasteiger partial charge in [-0.3, -0.25) is 24.9 Å². The summed E-state index contributed by atoms with van der Waals surface area (Å²) < 4.78 is 7.51. The molecule has 5 aliphatic rings. The average molecular weight is 1900 g/mol. The number of aromatic amines is 5. The Hall–Kier alpha value is -12.9. The lowest BCUT2D eigenvalue weighted by atomic mass is 9.80. The zero-order chi connectivity index (χ0) is 85.5. The minimum absolute atomic E-state index is 0.0428. The molecule has 126 heavy (non-hydrogen) atoms. The van der Waals surface area contributed by atoms with Crippen molar-refractivity contribution in [1.29, 1.82) is 5.26 Å². The van der Waals surface area contributed by atoms with E-state index in [1.165, 1.54) is 170 Å². The van der Waals surface area contributed by atoms with Crippen molar-refractivity contribution in [1.82, 2.24) is 49.8 Å². The Labute approximate surface area is 757 Å². The van der Waals surface area contributed by atoms with Gasteiger partial charge in [-0.1, -0.05) is 11.6 Å². The number of nitrogens with zero attached hydrogens (tertiary/aromatic N) is 6. The van der Waals surface area contributed by atoms with Crippen LogP contribution >= 0.6 is 56.8 Å². The topological polar surface area (TPSA) is 278 Å². The number of H-pyrrole nitrogens is 5. The van der Waals surface area contributed by atoms with Gasteiger partial charge in [0, 0.05) is 146 Å². The summed E-state index contributed by atoms with van der Waals surface area (Å²) in [6, 6.07) is 63.9. The first-order chi connectivity index (χ1) is 61.6. The molecule has 0 fully saturated rings. The van der Waals surface area contributed by atoms with E-state index in [4.69, 9.17) is 16.3 Å². The lowest BCUT2D eigenvalue weighted by Gasteiger charge is -2.25. The number of pyridine rings is 5. The van der Waals surface area contributed by atoms with Crippen LogP contribution in [0.4, 0.5) is 0 Å². The molecular formula is C106H86ClI2N11O6. The highest BCUT2D eigenvalue weighted by atomic mass is 127. The van der Waals surface area contributed by atoms with Crippen LogP contribution in [0.25, 0.3) is 165 Å². The molecule has 4 aliphatic carbocycles. The number of aryl methyl sites for hydroxylation is 5. The standard InChI is InChI=1S/C22H17N3O.C22H20N2O.C21H17ClN2O.C21H16I2N2O.C20H16N2O2/c23-12-13-1-6-16-18(11-13)22(14-2-4-15(26)5-3-14)25-20-8-7-19-17(21(16)20)9-10-24-19;1-13-12-14(6-9-20(13)25)22-16-5-3-2-4-15(16)21-17-10-11-23-18(17)7-8-19(21)24-22;22-16-11-12(5-8-19(16)25)21-14-4-2-1-3-13(14)20-15-9-10-23-17(15)6-7-18(20)24-21;22-15-9-11(10-16(23)21(15)26)20-13-4-2-1-3-12(13)19-14-7-8-24-17(14)5-6-18(19)25-20;23-13-3-1-12(2-4-13)20-16-11-24-10-8-14(16)19-15-7-9-21-17(15)5-6-18(19)22-20/h2-5,7-10,13,25-26H,1,6,11H2;6-12,24-25H,2-5H2,1H3;5-11,24-25H,1-4H2;5-10,25-26H,1-4H2;1-7,9,22-23H,8,10-11H2. The van der Waals surface area contributed by atoms with E-state index < -0.39 is 0 Å². The fourth-order valence-electron chi connectivity index (χ4n) is 20.3. The number of phenolic OH excluding ortho intramolecular Hbond substituents is 5. The molecule has 11 heterocycles. The monoisotopic (exact) mass is 1900 g/mol. The second-order valence-electron chi connectivity index (χ2n) is 33.7. The smallest absolute Gasteiger partial charge is 0.142 e. The van der Waals surface area contributed by atoms with Crippen molar-refractivity contribution >= 4 is 166 Å². The number of hydrogen-bond donors (Lipinski definition) is 10. The van der Waals surface area contributed by atoms with Crippen LogP contribution in [-0.4, -0.2) is 82.0 Å². The van der Waals surface area contributed by atoms with Gasteiger partial charge in [0.25, 0.3) is 0 Å². The maximum atomic E-state index is 10.2. The second-order valence-corrected chi connectivity index (χ2v) is 36.4. The molecule has 0 bridgehead atoms. The Morgan fingerprint density at radius 2 is 0.690 bits per heavy atom. The lowest BCUT2D eigenvalue weighted by Crippen LogP contribution is -2.15. The van der Waals surface area contributed by atoms with Crippen molar-refractivity contribution in [3.8, 4) is 91.1 Å². The van der Waals surface area contributed by atoms with E-state index >= 15 is 0 Å². The van der Waals surface area contributed by atoms with E-state index in [1.807, 2.05) is 86.4 Å². The number of nitrogens with one attached hydrogen (secondary N) is 5. The quantitative estimate of drug-likeness (QED) is 0.0721. The highest BCUT2D eigenvalue weighted by molar-refractivity contribution is 14.1. The van der Waals surface area contributed by atoms with Crippen LogP contribution in [0.15, 0.2) is 219 Å². The minimum Gasteiger partial charge on any atom is -0.508 e. The largest absolute Gasteiger partial charge is 0.508 e. The Balaban J connectivity index is 0.0000000961. The Morgan fingerprint density at radius 3 is 1.07 bits per heavy atom. The Kier molecular flexibility index (Phi) is 21.4. The third-order valence-corrected chi connectivity index (χ3v) is 28.2. The summed E-state index contributed by atoms with van der Waals surface area (Å²) in [4.78, 5) is 40.5. The third kappa shape index (κ3) is 14.7. The lowest BCUT2D eigenvalue weighted by molar-refractivity contribution is 0.111. The SMILES string of the molecule is Cc1cc(-c2[nH]c3ccc4nccc4c3c3c2CCCC3)ccc1O.N#CC1CCc2c(c(-c3ccc(O)cc3)[nH]c3ccc4nccc4c23)C1.Oc1c(I)cc(-c2[nH]c3ccc4nccc4c3c3c2CCCC3)cc1I.Oc1ccc(-c2[nH]c3ccc4nccc4c3c3c2CCCC3)cc1Cl.Oc1ccc(-c2[nH]c3ccc4nccc4c3c3c2COCC3)cc1. The van der Waals surface area contributed by atoms with Crippen molar-refractivity contribution in [3.63, 3.8) is 0 Å². The van der Waals surface area contributed by atoms with Gasteiger partial charge >= 0.3 is 0 Å². The molecular weight excluding hydrogens is 1810 g/mol. The molecule has 1 unspecified atom stereocenters. The van der Waals surface area contributed by atoms with Crippen LogP contribution in [0.5, 0.6) is 28.7 Å². The summed E-state index contributed by atoms with van der Waals surface area (Å²) >= 11 is 10.6. The molecule has 622 valence electrons. The normalized spacial score (nSPS) is 14.6. The van der Waals surface area contributed by atoms with Gasteiger partial charge in [0.05, 0.1) is 70.6 Å². The van der Waals surface area contributed by atoms with Gasteiger partial charge in [-0.25, -0.2) is 0 Å². The summed E-state index contributed by atoms with van der Waals surface area (Å²) in [5.41, 5.74) is 36.5. The molecule has 0 saturated carbocycles. The van der Waals surface area contributed by atoms with Gasteiger partial charge in [-0.15, -0.1) is 0 Å². The van der Waals surface area contributed by atoms with E-state index in [9.17, 15) is 30.8 Å². The summed E-state index contributed by atoms with van der Waals surface area (Å²) in [6.45, 7) is 3.29. The minimum atomic E-state index is 0.0428. The number of aromatic hydroxyl groups is 5. The van der Waals surface area contributed by atoms with Crippen molar-refractivity contribution in [2.45, 2.75) is 116 Å². The van der Waals surface area contributed by atoms with Crippen molar-refractivity contribution in [2.75, 3.05) is 6.61 Å². The number of nitriles is 1. The first kappa shape index (κ1) is 80.3. The molecule has 20 heteroatoms. The summed E-state index contributed by atoms with van der Waals surface area (Å²) in [6.07, 6.45) is 26.7. The van der Waals surface area contributed by atoms with Crippen LogP contribution in [0, 0.1) is 31.3 Å². The zero-order valence-electron chi connectivity index (χ0n) is 69.1. The van der Waals surface area contributed by atoms with Gasteiger partial charge < -0.3 is 55.2 Å². The van der Waals surface area contributed by atoms with Gasteiger partial charge in [0.1, 0.15) is 28.7 Å². The molecule has 0 saturated heterocycles. The maximum absolute atomic E-state index is 10.2. The number of fused-ring (bicyclic) bond motifs is 25. The van der Waals surface area contributed by atoms with E-state index in [2.05, 4.69) is 204 Å². The molecule has 10 aromatic heterocycles. The molecule has 1 atom stereocenters. The van der Waals surface area contributed by atoms with Crippen molar-refractivity contribution < 1.29 is 30.3 Å². The van der Waals surface area contributed by atoms with E-state index in [1.54, 1.807) is 36.4 Å². The van der Waals surface area contributed by atoms with Crippen LogP contribution in [-0.2, 0) is 69.1 Å². The van der Waals surface area contributed by atoms with Crippen molar-refractivity contribution in [3.05, 3.63) is 292 Å². The van der Waals surface area contributed by atoms with Gasteiger partial charge in [0.2, 0.25) is 0 Å². The number of halogens is 3. The van der Waals surface area contributed by atoms with Gasteiger partial charge in [-0.2, -0.15) is 5.26 Å². The fourth-order valence-corrected chi connectivity index (χ4v) is 22.3. The van der Waals surface area contributed by atoms with E-state index in [0.717, 1.165) is 173 Å². The Bertz CT molecular complexity index is 7610. The number of hydrogen-bond acceptors (Lipinski definition) is 12. The average Bonchev–Trinajstić information content (AvgIpc) is 1.33. The molecule has 0 spiro atoms. The highest BCUT2D eigenvalue weighted by Crippen LogP contribution is 2.47. The first-order valence-corrected chi connectivity index (χ1v) is 45.8. The predicted octanol–water partition coefficient (Wildman–Crippen LogP) is 26.0. The number of aromatic nitrogens is 10. The van der Waals surface area contributed by atoms with Crippen LogP contribution < -0.4 is 0 Å². The molecule has 10 N–H and O–H groups in total. The molecule has 0 amide bonds. The molecule has 17 nitrogen and oxygen atoms in total. The number of ether oxygens (including phenoxy) is 1. The predicted molar refractivity (Wildman–Crippen MR) is 523 cm³/mol. The number of phenols is 5. The van der Waals surface area contributed by atoms with Gasteiger partial charge in [-0.05, 0) is 421 Å². The second kappa shape index (κ2) is 33.6. The summed E-state index contributed by atoms with van der Waals surface area (Å²) in [7, 11) is 0. The van der Waals surface area contributed by atoms with Crippen molar-refractivity contribution in [2.24, 2.45) is 5.92 Å². The first-order valence-electron chi connectivity index (χ1n) is 43.2. The van der Waals surface area contributed by atoms with Crippen LogP contribution in [0.3, 0.4) is 0 Å². The van der Waals surface area contributed by atoms with Crippen LogP contribution in [0.1, 0.15) is 106 Å². The molecule has 25 rings (SSSR count). The molecule has 0 radical (unpaired) electrons. The molecule has 1 aliphatic heterocycles.